The van der Waals surface area contributed by atoms with Gasteiger partial charge in [0.1, 0.15) is 0 Å². The topological polar surface area (TPSA) is 65.1 Å². The van der Waals surface area contributed by atoms with Gasteiger partial charge in [-0.3, -0.25) is 4.99 Å². The van der Waals surface area contributed by atoms with Crippen molar-refractivity contribution < 1.29 is 5.11 Å². The summed E-state index contributed by atoms with van der Waals surface area (Å²) in [7, 11) is 0. The van der Waals surface area contributed by atoms with Crippen LogP contribution >= 0.6 is 35.6 Å². The van der Waals surface area contributed by atoms with Crippen molar-refractivity contribution in [3.63, 3.8) is 0 Å². The first-order valence-corrected chi connectivity index (χ1v) is 7.17. The zero-order valence-electron chi connectivity index (χ0n) is 12.1. The summed E-state index contributed by atoms with van der Waals surface area (Å²) in [5, 5.41) is 9.96. The van der Waals surface area contributed by atoms with E-state index in [1.54, 1.807) is 6.92 Å². The summed E-state index contributed by atoms with van der Waals surface area (Å²) in [5.74, 6) is 0.515. The molecule has 1 aromatic rings. The van der Waals surface area contributed by atoms with Crippen LogP contribution in [0.15, 0.2) is 29.3 Å². The highest BCUT2D eigenvalue weighted by atomic mass is 127. The Morgan fingerprint density at radius 2 is 1.86 bits per heavy atom. The van der Waals surface area contributed by atoms with Crippen molar-refractivity contribution in [2.75, 3.05) is 37.6 Å². The Morgan fingerprint density at radius 1 is 1.29 bits per heavy atom. The molecule has 1 aromatic carbocycles. The lowest BCUT2D eigenvalue weighted by Crippen LogP contribution is -2.51. The molecule has 1 unspecified atom stereocenters. The molecule has 5 nitrogen and oxygen atoms in total. The maximum absolute atomic E-state index is 9.21. The van der Waals surface area contributed by atoms with E-state index in [9.17, 15) is 5.11 Å². The lowest BCUT2D eigenvalue weighted by atomic mass is 10.2. The van der Waals surface area contributed by atoms with Gasteiger partial charge in [-0.2, -0.15) is 0 Å². The molecule has 21 heavy (non-hydrogen) atoms. The Kier molecular flexibility index (Phi) is 7.55. The second-order valence-corrected chi connectivity index (χ2v) is 5.43. The van der Waals surface area contributed by atoms with Crippen molar-refractivity contribution in [3.8, 4) is 0 Å². The van der Waals surface area contributed by atoms with Gasteiger partial charge < -0.3 is 20.6 Å². The molecule has 7 heteroatoms. The average Bonchev–Trinajstić information content (AvgIpc) is 2.46. The van der Waals surface area contributed by atoms with E-state index in [0.717, 1.165) is 31.2 Å². The third kappa shape index (κ3) is 5.52. The third-order valence-corrected chi connectivity index (χ3v) is 3.56. The molecule has 1 aliphatic rings. The van der Waals surface area contributed by atoms with E-state index in [0.29, 0.717) is 12.5 Å². The molecule has 1 atom stereocenters. The van der Waals surface area contributed by atoms with Gasteiger partial charge in [0.15, 0.2) is 5.96 Å². The predicted octanol–water partition coefficient (Wildman–Crippen LogP) is 1.78. The van der Waals surface area contributed by atoms with Gasteiger partial charge in [0.25, 0.3) is 0 Å². The van der Waals surface area contributed by atoms with Crippen LogP contribution in [0, 0.1) is 0 Å². The molecule has 0 aliphatic carbocycles. The van der Waals surface area contributed by atoms with Crippen molar-refractivity contribution in [3.05, 3.63) is 29.3 Å². The number of nitrogens with zero attached hydrogens (tertiary/aromatic N) is 3. The molecule has 0 amide bonds. The Hall–Kier alpha value is -0.730. The first kappa shape index (κ1) is 18.3. The highest BCUT2D eigenvalue weighted by Gasteiger charge is 2.18. The Bertz CT molecular complexity index is 459. The van der Waals surface area contributed by atoms with E-state index >= 15 is 0 Å². The van der Waals surface area contributed by atoms with Gasteiger partial charge >= 0.3 is 0 Å². The summed E-state index contributed by atoms with van der Waals surface area (Å²) < 4.78 is 0. The first-order valence-electron chi connectivity index (χ1n) is 6.79. The van der Waals surface area contributed by atoms with Crippen LogP contribution < -0.4 is 10.6 Å². The number of rotatable bonds is 3. The van der Waals surface area contributed by atoms with Crippen molar-refractivity contribution in [1.82, 2.24) is 4.90 Å². The molecule has 118 valence electrons. The fraction of sp³-hybridized carbons (Fsp3) is 0.500. The number of aliphatic hydroxyl groups excluding tert-OH is 1. The third-order valence-electron chi connectivity index (χ3n) is 3.31. The standard InChI is InChI=1S/C14H21ClN4O.HI/c1-11(20)10-17-14(16)19-8-6-18(7-9-19)13-4-2-12(15)3-5-13;/h2-5,11,20H,6-10H2,1H3,(H2,16,17);1H. The van der Waals surface area contributed by atoms with Gasteiger partial charge in [0, 0.05) is 36.9 Å². The molecule has 1 saturated heterocycles. The van der Waals surface area contributed by atoms with Gasteiger partial charge in [0.2, 0.25) is 0 Å². The maximum atomic E-state index is 9.21. The fourth-order valence-electron chi connectivity index (χ4n) is 2.17. The minimum absolute atomic E-state index is 0. The van der Waals surface area contributed by atoms with Crippen LogP contribution in [0.3, 0.4) is 0 Å². The number of hydrogen-bond acceptors (Lipinski definition) is 3. The highest BCUT2D eigenvalue weighted by Crippen LogP contribution is 2.19. The van der Waals surface area contributed by atoms with Gasteiger partial charge in [-0.05, 0) is 31.2 Å². The van der Waals surface area contributed by atoms with Gasteiger partial charge in [-0.1, -0.05) is 11.6 Å². The molecule has 1 fully saturated rings. The van der Waals surface area contributed by atoms with Crippen molar-refractivity contribution in [1.29, 1.82) is 0 Å². The van der Waals surface area contributed by atoms with Crippen LogP contribution in [-0.2, 0) is 0 Å². The van der Waals surface area contributed by atoms with Crippen molar-refractivity contribution in [2.24, 2.45) is 10.7 Å². The molecule has 0 spiro atoms. The minimum Gasteiger partial charge on any atom is -0.391 e. The number of anilines is 1. The number of aliphatic imine (C=N–C) groups is 1. The zero-order chi connectivity index (χ0) is 14.5. The minimum atomic E-state index is -0.455. The van der Waals surface area contributed by atoms with E-state index in [-0.39, 0.29) is 24.0 Å². The predicted molar refractivity (Wildman–Crippen MR) is 98.8 cm³/mol. The molecule has 3 N–H and O–H groups in total. The molecule has 0 bridgehead atoms. The van der Waals surface area contributed by atoms with Gasteiger partial charge in [0.05, 0.1) is 12.6 Å². The molecule has 0 radical (unpaired) electrons. The molecule has 1 heterocycles. The van der Waals surface area contributed by atoms with E-state index in [2.05, 4.69) is 14.8 Å². The van der Waals surface area contributed by atoms with Crippen LogP contribution in [0.5, 0.6) is 0 Å². The monoisotopic (exact) mass is 424 g/mol. The van der Waals surface area contributed by atoms with E-state index in [1.807, 2.05) is 24.3 Å². The lowest BCUT2D eigenvalue weighted by Gasteiger charge is -2.36. The van der Waals surface area contributed by atoms with Crippen LogP contribution in [0.1, 0.15) is 6.92 Å². The summed E-state index contributed by atoms with van der Waals surface area (Å²) in [6, 6.07) is 7.87. The van der Waals surface area contributed by atoms with E-state index < -0.39 is 6.10 Å². The van der Waals surface area contributed by atoms with Crippen LogP contribution in [0.4, 0.5) is 5.69 Å². The highest BCUT2D eigenvalue weighted by molar-refractivity contribution is 14.0. The SMILES string of the molecule is CC(O)CN=C(N)N1CCN(c2ccc(Cl)cc2)CC1.I. The van der Waals surface area contributed by atoms with E-state index in [1.165, 1.54) is 5.69 Å². The Balaban J connectivity index is 0.00000220. The molecule has 0 saturated carbocycles. The largest absolute Gasteiger partial charge is 0.391 e. The fourth-order valence-corrected chi connectivity index (χ4v) is 2.30. The number of aliphatic hydroxyl groups is 1. The number of nitrogens with two attached hydrogens (primary N) is 1. The van der Waals surface area contributed by atoms with Gasteiger partial charge in [-0.15, -0.1) is 24.0 Å². The number of piperazine rings is 1. The number of halogens is 2. The molecular formula is C14H22ClIN4O. The van der Waals surface area contributed by atoms with Crippen LogP contribution in [-0.4, -0.2) is 54.8 Å². The number of guanidine groups is 1. The summed E-state index contributed by atoms with van der Waals surface area (Å²) in [5.41, 5.74) is 7.10. The lowest BCUT2D eigenvalue weighted by molar-refractivity contribution is 0.203. The Labute approximate surface area is 147 Å². The van der Waals surface area contributed by atoms with Crippen LogP contribution in [0.25, 0.3) is 0 Å². The van der Waals surface area contributed by atoms with Crippen molar-refractivity contribution >= 4 is 47.2 Å². The molecule has 0 aromatic heterocycles. The van der Waals surface area contributed by atoms with Crippen LogP contribution in [0.2, 0.25) is 5.02 Å². The second kappa shape index (κ2) is 8.65. The second-order valence-electron chi connectivity index (χ2n) is 5.00. The van der Waals surface area contributed by atoms with Crippen molar-refractivity contribution in [2.45, 2.75) is 13.0 Å². The molecule has 2 rings (SSSR count). The summed E-state index contributed by atoms with van der Waals surface area (Å²) in [4.78, 5) is 8.54. The summed E-state index contributed by atoms with van der Waals surface area (Å²) >= 11 is 5.90. The normalized spacial score (nSPS) is 17.4. The maximum Gasteiger partial charge on any atom is 0.191 e. The number of hydrogen-bond donors (Lipinski definition) is 2. The smallest absolute Gasteiger partial charge is 0.191 e. The Morgan fingerprint density at radius 3 is 2.38 bits per heavy atom. The first-order chi connectivity index (χ1) is 9.56. The summed E-state index contributed by atoms with van der Waals surface area (Å²) in [6.07, 6.45) is -0.455. The number of benzene rings is 1. The molecular weight excluding hydrogens is 403 g/mol. The molecule has 1 aliphatic heterocycles. The zero-order valence-corrected chi connectivity index (χ0v) is 15.2. The van der Waals surface area contributed by atoms with E-state index in [4.69, 9.17) is 17.3 Å². The quantitative estimate of drug-likeness (QED) is 0.441. The summed E-state index contributed by atoms with van der Waals surface area (Å²) in [6.45, 7) is 5.51. The van der Waals surface area contributed by atoms with Gasteiger partial charge in [-0.25, -0.2) is 0 Å². The average molecular weight is 425 g/mol.